The van der Waals surface area contributed by atoms with Crippen LogP contribution in [0.15, 0.2) is 48.5 Å². The zero-order valence-electron chi connectivity index (χ0n) is 13.5. The maximum Gasteiger partial charge on any atom is 0.270 e. The zero-order valence-corrected chi connectivity index (χ0v) is 14.3. The fourth-order valence-corrected chi connectivity index (χ4v) is 3.38. The molecule has 0 bridgehead atoms. The van der Waals surface area contributed by atoms with Crippen LogP contribution >= 0.6 is 11.6 Å². The van der Waals surface area contributed by atoms with Gasteiger partial charge in [0.1, 0.15) is 11.5 Å². The van der Waals surface area contributed by atoms with Gasteiger partial charge in [-0.25, -0.2) is 4.39 Å². The van der Waals surface area contributed by atoms with E-state index in [9.17, 15) is 9.18 Å². The molecule has 0 saturated carbocycles. The number of carbonyl (C=O) groups is 1. The molecule has 6 heteroatoms. The quantitative estimate of drug-likeness (QED) is 0.755. The number of fused-ring (bicyclic) bond motifs is 1. The lowest BCUT2D eigenvalue weighted by molar-refractivity contribution is 0.0742. The molecular weight excluding hydrogens is 341 g/mol. The van der Waals surface area contributed by atoms with Crippen molar-refractivity contribution in [2.75, 3.05) is 31.1 Å². The predicted octanol–water partition coefficient (Wildman–Crippen LogP) is 3.92. The first-order chi connectivity index (χ1) is 12.1. The number of benzene rings is 2. The average molecular weight is 358 g/mol. The van der Waals surface area contributed by atoms with Gasteiger partial charge in [-0.3, -0.25) is 4.79 Å². The molecule has 25 heavy (non-hydrogen) atoms. The van der Waals surface area contributed by atoms with E-state index in [1.165, 1.54) is 12.1 Å². The molecule has 0 unspecified atom stereocenters. The standard InChI is InChI=1S/C19H17ClFN3O/c20-14-2-1-13-11-18(22-17(13)12-14)19(25)24-9-7-23(8-10-24)16-5-3-15(21)4-6-16/h1-6,11-12,22H,7-10H2. The molecule has 3 aromatic rings. The Balaban J connectivity index is 1.46. The Hall–Kier alpha value is -2.53. The van der Waals surface area contributed by atoms with Gasteiger partial charge in [0, 0.05) is 47.8 Å². The number of aromatic amines is 1. The highest BCUT2D eigenvalue weighted by Crippen LogP contribution is 2.22. The Morgan fingerprint density at radius 2 is 1.72 bits per heavy atom. The number of aromatic nitrogens is 1. The first kappa shape index (κ1) is 16.0. The Labute approximate surface area is 149 Å². The minimum Gasteiger partial charge on any atom is -0.368 e. The topological polar surface area (TPSA) is 39.3 Å². The summed E-state index contributed by atoms with van der Waals surface area (Å²) in [6.45, 7) is 2.71. The Bertz CT molecular complexity index is 914. The zero-order chi connectivity index (χ0) is 17.4. The molecule has 2 heterocycles. The van der Waals surface area contributed by atoms with E-state index in [0.29, 0.717) is 23.8 Å². The molecule has 4 nitrogen and oxygen atoms in total. The van der Waals surface area contributed by atoms with Gasteiger partial charge in [0.15, 0.2) is 0 Å². The van der Waals surface area contributed by atoms with Crippen LogP contribution in [0.5, 0.6) is 0 Å². The van der Waals surface area contributed by atoms with Gasteiger partial charge in [-0.15, -0.1) is 0 Å². The van der Waals surface area contributed by atoms with E-state index in [1.807, 2.05) is 29.2 Å². The first-order valence-corrected chi connectivity index (χ1v) is 8.56. The molecule has 1 fully saturated rings. The van der Waals surface area contributed by atoms with Gasteiger partial charge in [0.2, 0.25) is 0 Å². The summed E-state index contributed by atoms with van der Waals surface area (Å²) in [5, 5.41) is 1.61. The highest BCUT2D eigenvalue weighted by atomic mass is 35.5. The molecule has 0 radical (unpaired) electrons. The van der Waals surface area contributed by atoms with Gasteiger partial charge in [0.05, 0.1) is 0 Å². The second-order valence-electron chi connectivity index (χ2n) is 6.17. The van der Waals surface area contributed by atoms with E-state index >= 15 is 0 Å². The van der Waals surface area contributed by atoms with Crippen LogP contribution in [-0.4, -0.2) is 42.0 Å². The Morgan fingerprint density at radius 1 is 1.00 bits per heavy atom. The van der Waals surface area contributed by atoms with Crippen LogP contribution in [0.4, 0.5) is 10.1 Å². The summed E-state index contributed by atoms with van der Waals surface area (Å²) in [5.41, 5.74) is 2.42. The molecule has 0 spiro atoms. The van der Waals surface area contributed by atoms with Crippen LogP contribution in [0, 0.1) is 5.82 Å². The summed E-state index contributed by atoms with van der Waals surface area (Å²) in [5.74, 6) is -0.248. The Kier molecular flexibility index (Phi) is 4.09. The number of halogens is 2. The number of hydrogen-bond acceptors (Lipinski definition) is 2. The molecule has 1 aliphatic heterocycles. The smallest absolute Gasteiger partial charge is 0.270 e. The molecule has 1 aromatic heterocycles. The van der Waals surface area contributed by atoms with Crippen molar-refractivity contribution in [1.29, 1.82) is 0 Å². The van der Waals surface area contributed by atoms with Gasteiger partial charge in [-0.2, -0.15) is 0 Å². The van der Waals surface area contributed by atoms with Crippen molar-refractivity contribution in [3.63, 3.8) is 0 Å². The van der Waals surface area contributed by atoms with E-state index < -0.39 is 0 Å². The molecule has 1 saturated heterocycles. The maximum atomic E-state index is 13.0. The van der Waals surface area contributed by atoms with E-state index in [0.717, 1.165) is 29.7 Å². The number of anilines is 1. The van der Waals surface area contributed by atoms with Crippen LogP contribution in [0.2, 0.25) is 5.02 Å². The predicted molar refractivity (Wildman–Crippen MR) is 97.8 cm³/mol. The van der Waals surface area contributed by atoms with Gasteiger partial charge >= 0.3 is 0 Å². The lowest BCUT2D eigenvalue weighted by Crippen LogP contribution is -2.48. The van der Waals surface area contributed by atoms with Crippen LogP contribution in [0.25, 0.3) is 10.9 Å². The fraction of sp³-hybridized carbons (Fsp3) is 0.211. The summed E-state index contributed by atoms with van der Waals surface area (Å²) < 4.78 is 13.0. The number of carbonyl (C=O) groups excluding carboxylic acids is 1. The number of rotatable bonds is 2. The lowest BCUT2D eigenvalue weighted by atomic mass is 10.2. The highest BCUT2D eigenvalue weighted by Gasteiger charge is 2.23. The van der Waals surface area contributed by atoms with Crippen LogP contribution in [-0.2, 0) is 0 Å². The minimum atomic E-state index is -0.239. The van der Waals surface area contributed by atoms with Crippen molar-refractivity contribution in [3.8, 4) is 0 Å². The Morgan fingerprint density at radius 3 is 2.44 bits per heavy atom. The second kappa shape index (κ2) is 6.41. The number of nitrogens with zero attached hydrogens (tertiary/aromatic N) is 2. The average Bonchev–Trinajstić information content (AvgIpc) is 3.05. The number of nitrogens with one attached hydrogen (secondary N) is 1. The molecule has 128 valence electrons. The lowest BCUT2D eigenvalue weighted by Gasteiger charge is -2.36. The number of amides is 1. The van der Waals surface area contributed by atoms with Crippen LogP contribution in [0.3, 0.4) is 0 Å². The van der Waals surface area contributed by atoms with Gasteiger partial charge < -0.3 is 14.8 Å². The van der Waals surface area contributed by atoms with Crippen molar-refractivity contribution in [3.05, 3.63) is 65.1 Å². The molecule has 1 amide bonds. The number of piperazine rings is 1. The van der Waals surface area contributed by atoms with E-state index in [2.05, 4.69) is 9.88 Å². The van der Waals surface area contributed by atoms with Crippen LogP contribution < -0.4 is 4.90 Å². The summed E-state index contributed by atoms with van der Waals surface area (Å²) in [7, 11) is 0. The van der Waals surface area contributed by atoms with Crippen molar-refractivity contribution in [2.45, 2.75) is 0 Å². The van der Waals surface area contributed by atoms with E-state index in [1.54, 1.807) is 12.1 Å². The monoisotopic (exact) mass is 357 g/mol. The van der Waals surface area contributed by atoms with Gasteiger partial charge in [-0.05, 0) is 42.5 Å². The summed E-state index contributed by atoms with van der Waals surface area (Å²) in [6.07, 6.45) is 0. The molecule has 0 atom stereocenters. The van der Waals surface area contributed by atoms with Gasteiger partial charge in [-0.1, -0.05) is 17.7 Å². The van der Waals surface area contributed by atoms with E-state index in [-0.39, 0.29) is 11.7 Å². The summed E-state index contributed by atoms with van der Waals surface area (Å²) in [6, 6.07) is 13.9. The molecule has 2 aromatic carbocycles. The number of hydrogen-bond donors (Lipinski definition) is 1. The molecule has 0 aliphatic carbocycles. The minimum absolute atomic E-state index is 0.00826. The fourth-order valence-electron chi connectivity index (χ4n) is 3.20. The van der Waals surface area contributed by atoms with Crippen molar-refractivity contribution in [1.82, 2.24) is 9.88 Å². The van der Waals surface area contributed by atoms with E-state index in [4.69, 9.17) is 11.6 Å². The van der Waals surface area contributed by atoms with Crippen molar-refractivity contribution in [2.24, 2.45) is 0 Å². The number of H-pyrrole nitrogens is 1. The second-order valence-corrected chi connectivity index (χ2v) is 6.61. The van der Waals surface area contributed by atoms with Crippen molar-refractivity contribution >= 4 is 34.1 Å². The third kappa shape index (κ3) is 3.20. The summed E-state index contributed by atoms with van der Waals surface area (Å²) in [4.78, 5) is 19.9. The normalized spacial score (nSPS) is 15.0. The largest absolute Gasteiger partial charge is 0.368 e. The summed E-state index contributed by atoms with van der Waals surface area (Å²) >= 11 is 6.00. The third-order valence-corrected chi connectivity index (χ3v) is 4.81. The van der Waals surface area contributed by atoms with Crippen LogP contribution in [0.1, 0.15) is 10.5 Å². The highest BCUT2D eigenvalue weighted by molar-refractivity contribution is 6.31. The SMILES string of the molecule is O=C(c1cc2ccc(Cl)cc2[nH]1)N1CCN(c2ccc(F)cc2)CC1. The maximum absolute atomic E-state index is 13.0. The molecule has 1 N–H and O–H groups in total. The van der Waals surface area contributed by atoms with Gasteiger partial charge in [0.25, 0.3) is 5.91 Å². The molecular formula is C19H17ClFN3O. The molecule has 1 aliphatic rings. The third-order valence-electron chi connectivity index (χ3n) is 4.57. The molecule has 4 rings (SSSR count). The first-order valence-electron chi connectivity index (χ1n) is 8.18. The van der Waals surface area contributed by atoms with Crippen molar-refractivity contribution < 1.29 is 9.18 Å².